The number of hydrogen-bond donors (Lipinski definition) is 0. The van der Waals surface area contributed by atoms with E-state index in [2.05, 4.69) is 10.1 Å². The van der Waals surface area contributed by atoms with Crippen LogP contribution in [-0.4, -0.2) is 26.9 Å². The highest BCUT2D eigenvalue weighted by molar-refractivity contribution is 6.22. The molecule has 32 heavy (non-hydrogen) atoms. The standard InChI is InChI=1S/C23H18N4O5/c28-22-18-14-1-2-15(11-14)19(18)23(29)26(22)16-7-5-13(6-8-16)21-24-20(25-32-21)12-3-9-17(10-4-12)27(30)31/h3-10,14-15,18-19H,1-2,11H2/t14-,15+,18-,19+. The first-order valence-corrected chi connectivity index (χ1v) is 10.6. The number of amides is 2. The zero-order valence-electron chi connectivity index (χ0n) is 16.9. The summed E-state index contributed by atoms with van der Waals surface area (Å²) in [5, 5.41) is 14.8. The Morgan fingerprint density at radius 1 is 0.906 bits per heavy atom. The van der Waals surface area contributed by atoms with Gasteiger partial charge in [0, 0.05) is 23.3 Å². The molecule has 0 unspecified atom stereocenters. The Labute approximate surface area is 182 Å². The van der Waals surface area contributed by atoms with E-state index in [1.165, 1.54) is 17.0 Å². The third-order valence-electron chi connectivity index (χ3n) is 7.06. The lowest BCUT2D eigenvalue weighted by Gasteiger charge is -2.19. The summed E-state index contributed by atoms with van der Waals surface area (Å²) in [4.78, 5) is 42.0. The van der Waals surface area contributed by atoms with Gasteiger partial charge < -0.3 is 4.52 Å². The van der Waals surface area contributed by atoms with E-state index in [-0.39, 0.29) is 35.2 Å². The number of anilines is 1. The van der Waals surface area contributed by atoms with Gasteiger partial charge in [0.05, 0.1) is 22.4 Å². The van der Waals surface area contributed by atoms with Crippen molar-refractivity contribution >= 4 is 23.2 Å². The van der Waals surface area contributed by atoms with E-state index in [1.807, 2.05) is 0 Å². The average Bonchev–Trinajstić information content (AvgIpc) is 3.58. The summed E-state index contributed by atoms with van der Waals surface area (Å²) >= 11 is 0. The number of carbonyl (C=O) groups is 2. The van der Waals surface area contributed by atoms with Gasteiger partial charge in [0.25, 0.3) is 11.6 Å². The van der Waals surface area contributed by atoms with E-state index in [1.54, 1.807) is 36.4 Å². The van der Waals surface area contributed by atoms with Crippen LogP contribution in [0.15, 0.2) is 53.1 Å². The number of fused-ring (bicyclic) bond motifs is 5. The van der Waals surface area contributed by atoms with Crippen molar-refractivity contribution in [3.8, 4) is 22.8 Å². The fraction of sp³-hybridized carbons (Fsp3) is 0.304. The van der Waals surface area contributed by atoms with Crippen LogP contribution in [0.2, 0.25) is 0 Å². The van der Waals surface area contributed by atoms with Crippen molar-refractivity contribution in [3.05, 3.63) is 58.6 Å². The van der Waals surface area contributed by atoms with Crippen LogP contribution in [0.5, 0.6) is 0 Å². The second-order valence-corrected chi connectivity index (χ2v) is 8.67. The normalized spacial score (nSPS) is 26.1. The lowest BCUT2D eigenvalue weighted by molar-refractivity contribution is -0.384. The molecule has 2 aliphatic carbocycles. The van der Waals surface area contributed by atoms with Crippen LogP contribution >= 0.6 is 0 Å². The highest BCUT2D eigenvalue weighted by Gasteiger charge is 2.61. The van der Waals surface area contributed by atoms with E-state index in [0.29, 0.717) is 34.5 Å². The number of imide groups is 1. The van der Waals surface area contributed by atoms with Crippen LogP contribution in [0.3, 0.4) is 0 Å². The lowest BCUT2D eigenvalue weighted by Crippen LogP contribution is -2.32. The maximum atomic E-state index is 13.0. The van der Waals surface area contributed by atoms with Gasteiger partial charge >= 0.3 is 0 Å². The Morgan fingerprint density at radius 3 is 2.09 bits per heavy atom. The number of carbonyl (C=O) groups excluding carboxylic acids is 2. The molecule has 160 valence electrons. The number of non-ortho nitro benzene ring substituents is 1. The molecule has 3 fully saturated rings. The summed E-state index contributed by atoms with van der Waals surface area (Å²) < 4.78 is 5.34. The van der Waals surface area contributed by atoms with Crippen LogP contribution in [0.25, 0.3) is 22.8 Å². The topological polar surface area (TPSA) is 119 Å². The molecule has 2 amide bonds. The maximum absolute atomic E-state index is 13.0. The summed E-state index contributed by atoms with van der Waals surface area (Å²) in [5.41, 5.74) is 1.79. The summed E-state index contributed by atoms with van der Waals surface area (Å²) in [5.74, 6) is 0.841. The number of nitro groups is 1. The van der Waals surface area contributed by atoms with Crippen molar-refractivity contribution in [1.82, 2.24) is 10.1 Å². The van der Waals surface area contributed by atoms with Crippen LogP contribution in [0.4, 0.5) is 11.4 Å². The average molecular weight is 430 g/mol. The minimum atomic E-state index is -0.471. The van der Waals surface area contributed by atoms with Gasteiger partial charge in [-0.3, -0.25) is 24.6 Å². The fourth-order valence-electron chi connectivity index (χ4n) is 5.61. The SMILES string of the molecule is O=C1[C@@H]2[C@@H]3CC[C@@H](C3)[C@@H]2C(=O)N1c1ccc(-c2nc(-c3ccc([N+](=O)[O-])cc3)no2)cc1. The fourth-order valence-corrected chi connectivity index (χ4v) is 5.61. The summed E-state index contributed by atoms with van der Waals surface area (Å²) in [6.07, 6.45) is 3.10. The molecule has 3 aromatic rings. The zero-order chi connectivity index (χ0) is 22.0. The van der Waals surface area contributed by atoms with Crippen molar-refractivity contribution < 1.29 is 19.0 Å². The Kier molecular flexibility index (Phi) is 4.01. The number of aromatic nitrogens is 2. The van der Waals surface area contributed by atoms with Gasteiger partial charge in [0.1, 0.15) is 0 Å². The van der Waals surface area contributed by atoms with Crippen molar-refractivity contribution in [1.29, 1.82) is 0 Å². The molecule has 3 aliphatic rings. The van der Waals surface area contributed by atoms with E-state index in [4.69, 9.17) is 4.52 Å². The van der Waals surface area contributed by atoms with Crippen molar-refractivity contribution in [2.45, 2.75) is 19.3 Å². The van der Waals surface area contributed by atoms with Crippen molar-refractivity contribution in [3.63, 3.8) is 0 Å². The molecule has 9 nitrogen and oxygen atoms in total. The minimum absolute atomic E-state index is 0.0174. The Morgan fingerprint density at radius 2 is 1.50 bits per heavy atom. The van der Waals surface area contributed by atoms with Crippen LogP contribution in [-0.2, 0) is 9.59 Å². The van der Waals surface area contributed by atoms with Crippen molar-refractivity contribution in [2.75, 3.05) is 4.90 Å². The van der Waals surface area contributed by atoms with Gasteiger partial charge in [-0.05, 0) is 67.5 Å². The number of benzene rings is 2. The Hall–Kier alpha value is -3.88. The quantitative estimate of drug-likeness (QED) is 0.350. The molecule has 0 radical (unpaired) electrons. The number of rotatable bonds is 4. The molecule has 2 saturated carbocycles. The van der Waals surface area contributed by atoms with Crippen molar-refractivity contribution in [2.24, 2.45) is 23.7 Å². The largest absolute Gasteiger partial charge is 0.334 e. The molecule has 0 N–H and O–H groups in total. The predicted molar refractivity (Wildman–Crippen MR) is 112 cm³/mol. The van der Waals surface area contributed by atoms with Gasteiger partial charge in [0.15, 0.2) is 0 Å². The van der Waals surface area contributed by atoms with E-state index in [0.717, 1.165) is 19.3 Å². The van der Waals surface area contributed by atoms with Crippen LogP contribution in [0.1, 0.15) is 19.3 Å². The first kappa shape index (κ1) is 18.9. The second-order valence-electron chi connectivity index (χ2n) is 8.67. The van der Waals surface area contributed by atoms with E-state index < -0.39 is 4.92 Å². The highest BCUT2D eigenvalue weighted by Crippen LogP contribution is 2.56. The van der Waals surface area contributed by atoms with E-state index >= 15 is 0 Å². The zero-order valence-corrected chi connectivity index (χ0v) is 16.9. The number of hydrogen-bond acceptors (Lipinski definition) is 7. The number of nitro benzene ring substituents is 1. The molecular formula is C23H18N4O5. The molecule has 4 atom stereocenters. The number of nitrogens with zero attached hydrogens (tertiary/aromatic N) is 4. The highest BCUT2D eigenvalue weighted by atomic mass is 16.6. The molecule has 0 spiro atoms. The van der Waals surface area contributed by atoms with Gasteiger partial charge in [-0.25, -0.2) is 0 Å². The molecule has 2 aromatic carbocycles. The molecule has 1 aliphatic heterocycles. The third kappa shape index (κ3) is 2.70. The molecule has 6 rings (SSSR count). The molecule has 9 heteroatoms. The lowest BCUT2D eigenvalue weighted by atomic mass is 9.81. The van der Waals surface area contributed by atoms with Crippen LogP contribution in [0, 0.1) is 33.8 Å². The van der Waals surface area contributed by atoms with Crippen LogP contribution < -0.4 is 4.90 Å². The Bertz CT molecular complexity index is 1220. The second kappa shape index (κ2) is 6.81. The molecular weight excluding hydrogens is 412 g/mol. The first-order valence-electron chi connectivity index (χ1n) is 10.6. The van der Waals surface area contributed by atoms with Gasteiger partial charge in [-0.15, -0.1) is 0 Å². The molecule has 2 bridgehead atoms. The summed E-state index contributed by atoms with van der Waals surface area (Å²) in [7, 11) is 0. The smallest absolute Gasteiger partial charge is 0.269 e. The Balaban J connectivity index is 1.24. The predicted octanol–water partition coefficient (Wildman–Crippen LogP) is 3.85. The molecule has 1 saturated heterocycles. The minimum Gasteiger partial charge on any atom is -0.334 e. The van der Waals surface area contributed by atoms with E-state index in [9.17, 15) is 19.7 Å². The molecule has 1 aromatic heterocycles. The monoisotopic (exact) mass is 430 g/mol. The van der Waals surface area contributed by atoms with Gasteiger partial charge in [-0.1, -0.05) is 5.16 Å². The first-order chi connectivity index (χ1) is 15.5. The molecule has 2 heterocycles. The maximum Gasteiger partial charge on any atom is 0.269 e. The van der Waals surface area contributed by atoms with Gasteiger partial charge in [-0.2, -0.15) is 4.98 Å². The summed E-state index contributed by atoms with van der Waals surface area (Å²) in [6.45, 7) is 0. The third-order valence-corrected chi connectivity index (χ3v) is 7.06. The van der Waals surface area contributed by atoms with Gasteiger partial charge in [0.2, 0.25) is 17.6 Å². The summed E-state index contributed by atoms with van der Waals surface area (Å²) in [6, 6.07) is 12.8.